The lowest BCUT2D eigenvalue weighted by Crippen LogP contribution is -2.28. The molecule has 0 bridgehead atoms. The summed E-state index contributed by atoms with van der Waals surface area (Å²) in [6, 6.07) is 9.61. The first-order chi connectivity index (χ1) is 11.5. The molecule has 0 unspecified atom stereocenters. The molecule has 4 nitrogen and oxygen atoms in total. The first-order valence-corrected chi connectivity index (χ1v) is 8.03. The highest BCUT2D eigenvalue weighted by molar-refractivity contribution is 6.30. The van der Waals surface area contributed by atoms with Crippen LogP contribution in [0.1, 0.15) is 24.1 Å². The number of amides is 1. The Morgan fingerprint density at radius 2 is 1.96 bits per heavy atom. The van der Waals surface area contributed by atoms with Gasteiger partial charge in [-0.2, -0.15) is 0 Å². The standard InChI is InChI=1S/C18H17ClFNO3/c1-11(12-3-5-16-17(8-12)24-7-6-23-16)21-18(22)9-13-2-4-14(19)10-15(13)20/h2-5,8,10-11H,6-7,9H2,1H3,(H,21,22)/t11-/m0/s1. The summed E-state index contributed by atoms with van der Waals surface area (Å²) in [5, 5.41) is 3.17. The van der Waals surface area contributed by atoms with Crippen LogP contribution < -0.4 is 14.8 Å². The normalized spacial score (nSPS) is 14.1. The van der Waals surface area contributed by atoms with Gasteiger partial charge in [-0.3, -0.25) is 4.79 Å². The summed E-state index contributed by atoms with van der Waals surface area (Å²) in [7, 11) is 0. The van der Waals surface area contributed by atoms with Crippen LogP contribution in [0.3, 0.4) is 0 Å². The number of fused-ring (bicyclic) bond motifs is 1. The molecule has 6 heteroatoms. The Morgan fingerprint density at radius 3 is 2.71 bits per heavy atom. The van der Waals surface area contributed by atoms with E-state index in [1.165, 1.54) is 12.1 Å². The van der Waals surface area contributed by atoms with Crippen molar-refractivity contribution in [3.63, 3.8) is 0 Å². The van der Waals surface area contributed by atoms with Crippen molar-refractivity contribution in [3.05, 3.63) is 58.4 Å². The van der Waals surface area contributed by atoms with Crippen LogP contribution in [0.4, 0.5) is 4.39 Å². The molecule has 1 atom stereocenters. The smallest absolute Gasteiger partial charge is 0.225 e. The van der Waals surface area contributed by atoms with E-state index in [2.05, 4.69) is 5.32 Å². The molecule has 1 aliphatic heterocycles. The average molecular weight is 350 g/mol. The van der Waals surface area contributed by atoms with Gasteiger partial charge in [-0.25, -0.2) is 4.39 Å². The quantitative estimate of drug-likeness (QED) is 0.916. The number of halogens is 2. The Kier molecular flexibility index (Phi) is 4.90. The predicted octanol–water partition coefficient (Wildman–Crippen LogP) is 3.67. The van der Waals surface area contributed by atoms with Crippen molar-refractivity contribution in [1.29, 1.82) is 0 Å². The van der Waals surface area contributed by atoms with Gasteiger partial charge in [-0.05, 0) is 42.3 Å². The first kappa shape index (κ1) is 16.6. The summed E-state index contributed by atoms with van der Waals surface area (Å²) in [6.45, 7) is 2.90. The topological polar surface area (TPSA) is 47.6 Å². The fourth-order valence-electron chi connectivity index (χ4n) is 2.54. The van der Waals surface area contributed by atoms with E-state index in [9.17, 15) is 9.18 Å². The minimum atomic E-state index is -0.482. The lowest BCUT2D eigenvalue weighted by Gasteiger charge is -2.21. The van der Waals surface area contributed by atoms with Crippen molar-refractivity contribution in [1.82, 2.24) is 5.32 Å². The minimum Gasteiger partial charge on any atom is -0.486 e. The van der Waals surface area contributed by atoms with Gasteiger partial charge in [0.2, 0.25) is 5.91 Å². The Balaban J connectivity index is 1.65. The molecule has 0 spiro atoms. The maximum absolute atomic E-state index is 13.8. The van der Waals surface area contributed by atoms with Crippen LogP contribution in [-0.2, 0) is 11.2 Å². The zero-order chi connectivity index (χ0) is 17.1. The maximum Gasteiger partial charge on any atom is 0.225 e. The van der Waals surface area contributed by atoms with E-state index < -0.39 is 5.82 Å². The van der Waals surface area contributed by atoms with Crippen LogP contribution in [0.15, 0.2) is 36.4 Å². The second-order valence-electron chi connectivity index (χ2n) is 5.60. The second-order valence-corrected chi connectivity index (χ2v) is 6.04. The second kappa shape index (κ2) is 7.09. The number of carbonyl (C=O) groups is 1. The third-order valence-corrected chi connectivity index (χ3v) is 4.04. The fourth-order valence-corrected chi connectivity index (χ4v) is 2.70. The lowest BCUT2D eigenvalue weighted by atomic mass is 10.1. The minimum absolute atomic E-state index is 0.0438. The van der Waals surface area contributed by atoms with Crippen LogP contribution in [0.5, 0.6) is 11.5 Å². The molecule has 1 N–H and O–H groups in total. The van der Waals surface area contributed by atoms with Crippen LogP contribution >= 0.6 is 11.6 Å². The molecule has 0 saturated carbocycles. The van der Waals surface area contributed by atoms with E-state index in [0.717, 1.165) is 5.56 Å². The van der Waals surface area contributed by atoms with Gasteiger partial charge in [0.05, 0.1) is 12.5 Å². The zero-order valence-corrected chi connectivity index (χ0v) is 13.9. The highest BCUT2D eigenvalue weighted by Gasteiger charge is 2.16. The molecule has 0 aromatic heterocycles. The number of benzene rings is 2. The molecule has 0 saturated heterocycles. The molecule has 0 aliphatic carbocycles. The molecule has 1 aliphatic rings. The number of carbonyl (C=O) groups excluding carboxylic acids is 1. The lowest BCUT2D eigenvalue weighted by molar-refractivity contribution is -0.121. The van der Waals surface area contributed by atoms with Gasteiger partial charge in [0.15, 0.2) is 11.5 Å². The Morgan fingerprint density at radius 1 is 1.21 bits per heavy atom. The number of hydrogen-bond donors (Lipinski definition) is 1. The van der Waals surface area contributed by atoms with E-state index in [1.807, 2.05) is 25.1 Å². The molecular formula is C18H17ClFNO3. The summed E-state index contributed by atoms with van der Waals surface area (Å²) >= 11 is 5.71. The third-order valence-electron chi connectivity index (χ3n) is 3.81. The van der Waals surface area contributed by atoms with Crippen molar-refractivity contribution < 1.29 is 18.7 Å². The van der Waals surface area contributed by atoms with Gasteiger partial charge in [0.1, 0.15) is 19.0 Å². The molecular weight excluding hydrogens is 333 g/mol. The van der Waals surface area contributed by atoms with Crippen LogP contribution in [-0.4, -0.2) is 19.1 Å². The molecule has 0 fully saturated rings. The van der Waals surface area contributed by atoms with Crippen molar-refractivity contribution in [2.24, 2.45) is 0 Å². The fraction of sp³-hybridized carbons (Fsp3) is 0.278. The Hall–Kier alpha value is -2.27. The van der Waals surface area contributed by atoms with Crippen LogP contribution in [0.2, 0.25) is 5.02 Å². The SMILES string of the molecule is C[C@H](NC(=O)Cc1ccc(Cl)cc1F)c1ccc2c(c1)OCCO2. The summed E-state index contributed by atoms with van der Waals surface area (Å²) in [5.41, 5.74) is 1.20. The van der Waals surface area contributed by atoms with Crippen LogP contribution in [0, 0.1) is 5.82 Å². The van der Waals surface area contributed by atoms with Crippen molar-refractivity contribution in [2.45, 2.75) is 19.4 Å². The molecule has 1 amide bonds. The summed E-state index contributed by atoms with van der Waals surface area (Å²) in [6.07, 6.45) is -0.0438. The number of rotatable bonds is 4. The van der Waals surface area contributed by atoms with Crippen LogP contribution in [0.25, 0.3) is 0 Å². The van der Waals surface area contributed by atoms with Gasteiger partial charge in [0, 0.05) is 5.02 Å². The molecule has 2 aromatic rings. The van der Waals surface area contributed by atoms with Crippen molar-refractivity contribution in [2.75, 3.05) is 13.2 Å². The van der Waals surface area contributed by atoms with Gasteiger partial charge >= 0.3 is 0 Å². The predicted molar refractivity (Wildman–Crippen MR) is 89.1 cm³/mol. The highest BCUT2D eigenvalue weighted by Crippen LogP contribution is 2.32. The molecule has 3 rings (SSSR count). The first-order valence-electron chi connectivity index (χ1n) is 7.66. The number of ether oxygens (including phenoxy) is 2. The van der Waals surface area contributed by atoms with Gasteiger partial charge < -0.3 is 14.8 Å². The zero-order valence-electron chi connectivity index (χ0n) is 13.1. The van der Waals surface area contributed by atoms with E-state index >= 15 is 0 Å². The monoisotopic (exact) mass is 349 g/mol. The number of hydrogen-bond acceptors (Lipinski definition) is 3. The summed E-state index contributed by atoms with van der Waals surface area (Å²) in [4.78, 5) is 12.2. The Bertz CT molecular complexity index is 766. The van der Waals surface area contributed by atoms with E-state index in [1.54, 1.807) is 6.07 Å². The average Bonchev–Trinajstić information content (AvgIpc) is 2.57. The van der Waals surface area contributed by atoms with Crippen molar-refractivity contribution >= 4 is 17.5 Å². The molecule has 0 radical (unpaired) electrons. The largest absolute Gasteiger partial charge is 0.486 e. The van der Waals surface area contributed by atoms with E-state index in [0.29, 0.717) is 35.3 Å². The van der Waals surface area contributed by atoms with Crippen molar-refractivity contribution in [3.8, 4) is 11.5 Å². The van der Waals surface area contributed by atoms with Gasteiger partial charge in [-0.15, -0.1) is 0 Å². The van der Waals surface area contributed by atoms with E-state index in [-0.39, 0.29) is 18.4 Å². The highest BCUT2D eigenvalue weighted by atomic mass is 35.5. The Labute approximate surface area is 144 Å². The third kappa shape index (κ3) is 3.79. The molecule has 2 aromatic carbocycles. The number of nitrogens with one attached hydrogen (secondary N) is 1. The molecule has 1 heterocycles. The molecule has 126 valence electrons. The molecule has 24 heavy (non-hydrogen) atoms. The van der Waals surface area contributed by atoms with Gasteiger partial charge in [-0.1, -0.05) is 23.7 Å². The van der Waals surface area contributed by atoms with E-state index in [4.69, 9.17) is 21.1 Å². The maximum atomic E-state index is 13.8. The summed E-state index contributed by atoms with van der Waals surface area (Å²) in [5.74, 6) is 0.624. The summed E-state index contributed by atoms with van der Waals surface area (Å²) < 4.78 is 24.8. The van der Waals surface area contributed by atoms with Gasteiger partial charge in [0.25, 0.3) is 0 Å².